The predicted octanol–water partition coefficient (Wildman–Crippen LogP) is 2.42. The summed E-state index contributed by atoms with van der Waals surface area (Å²) in [5.74, 6) is 1.24. The molecule has 0 aliphatic carbocycles. The number of benzene rings is 1. The van der Waals surface area contributed by atoms with E-state index in [0.29, 0.717) is 30.2 Å². The van der Waals surface area contributed by atoms with Gasteiger partial charge in [-0.25, -0.2) is 0 Å². The van der Waals surface area contributed by atoms with Crippen molar-refractivity contribution in [2.75, 3.05) is 32.6 Å². The van der Waals surface area contributed by atoms with Crippen LogP contribution in [0, 0.1) is 0 Å². The Balaban J connectivity index is 2.41. The van der Waals surface area contributed by atoms with Crippen molar-refractivity contribution in [3.05, 3.63) is 18.2 Å². The summed E-state index contributed by atoms with van der Waals surface area (Å²) in [4.78, 5) is 11.8. The van der Waals surface area contributed by atoms with Crippen molar-refractivity contribution in [2.24, 2.45) is 0 Å². The van der Waals surface area contributed by atoms with Crippen LogP contribution in [-0.2, 0) is 4.79 Å². The Morgan fingerprint density at radius 3 is 2.55 bits per heavy atom. The van der Waals surface area contributed by atoms with Crippen molar-refractivity contribution in [3.8, 4) is 11.5 Å². The molecule has 0 atom stereocenters. The Labute approximate surface area is 120 Å². The van der Waals surface area contributed by atoms with Gasteiger partial charge in [0.25, 0.3) is 0 Å². The maximum absolute atomic E-state index is 11.8. The third-order valence-electron chi connectivity index (χ3n) is 2.90. The summed E-state index contributed by atoms with van der Waals surface area (Å²) in [5.41, 5.74) is 0.709. The lowest BCUT2D eigenvalue weighted by Gasteiger charge is -2.10. The van der Waals surface area contributed by atoms with Crippen LogP contribution in [0.5, 0.6) is 11.5 Å². The minimum Gasteiger partial charge on any atom is -0.493 e. The molecule has 0 aliphatic heterocycles. The third kappa shape index (κ3) is 5.48. The van der Waals surface area contributed by atoms with Gasteiger partial charge in [-0.05, 0) is 25.1 Å². The zero-order valence-corrected chi connectivity index (χ0v) is 12.5. The molecule has 1 amide bonds. The van der Waals surface area contributed by atoms with E-state index in [9.17, 15) is 4.79 Å². The summed E-state index contributed by atoms with van der Waals surface area (Å²) in [6.45, 7) is 3.80. The number of hydrogen-bond acceptors (Lipinski definition) is 4. The van der Waals surface area contributed by atoms with E-state index in [2.05, 4.69) is 17.6 Å². The van der Waals surface area contributed by atoms with Crippen LogP contribution in [0.2, 0.25) is 0 Å². The normalized spacial score (nSPS) is 10.2. The van der Waals surface area contributed by atoms with Crippen LogP contribution in [0.1, 0.15) is 26.2 Å². The van der Waals surface area contributed by atoms with Gasteiger partial charge in [0.05, 0.1) is 14.2 Å². The van der Waals surface area contributed by atoms with E-state index in [1.165, 1.54) is 0 Å². The van der Waals surface area contributed by atoms with Crippen LogP contribution in [0.4, 0.5) is 5.69 Å². The first-order chi connectivity index (χ1) is 9.71. The van der Waals surface area contributed by atoms with Crippen LogP contribution >= 0.6 is 0 Å². The minimum absolute atomic E-state index is 0.0128. The van der Waals surface area contributed by atoms with Crippen LogP contribution in [0.25, 0.3) is 0 Å². The second-order valence-corrected chi connectivity index (χ2v) is 4.47. The molecular formula is C15H24N2O3. The topological polar surface area (TPSA) is 59.6 Å². The predicted molar refractivity (Wildman–Crippen MR) is 80.6 cm³/mol. The fourth-order valence-electron chi connectivity index (χ4n) is 1.77. The van der Waals surface area contributed by atoms with Crippen molar-refractivity contribution in [2.45, 2.75) is 26.2 Å². The Hall–Kier alpha value is -1.75. The number of rotatable bonds is 9. The molecule has 0 bridgehead atoms. The molecule has 20 heavy (non-hydrogen) atoms. The molecule has 1 aromatic rings. The number of carbonyl (C=O) groups is 1. The van der Waals surface area contributed by atoms with Gasteiger partial charge in [0, 0.05) is 24.7 Å². The average molecular weight is 280 g/mol. The summed E-state index contributed by atoms with van der Waals surface area (Å²) in [5, 5.41) is 6.08. The number of methoxy groups -OCH3 is 2. The highest BCUT2D eigenvalue weighted by atomic mass is 16.5. The Kier molecular flexibility index (Phi) is 7.50. The molecule has 0 fully saturated rings. The number of nitrogens with one attached hydrogen (secondary N) is 2. The molecule has 1 aromatic carbocycles. The van der Waals surface area contributed by atoms with Gasteiger partial charge in [0.2, 0.25) is 5.91 Å². The van der Waals surface area contributed by atoms with Gasteiger partial charge >= 0.3 is 0 Å². The van der Waals surface area contributed by atoms with E-state index in [4.69, 9.17) is 9.47 Å². The maximum atomic E-state index is 11.8. The lowest BCUT2D eigenvalue weighted by Crippen LogP contribution is -2.22. The Morgan fingerprint density at radius 1 is 1.15 bits per heavy atom. The molecule has 0 heterocycles. The second kappa shape index (κ2) is 9.20. The lowest BCUT2D eigenvalue weighted by atomic mass is 10.2. The molecule has 0 radical (unpaired) electrons. The summed E-state index contributed by atoms with van der Waals surface area (Å²) in [6.07, 6.45) is 2.75. The van der Waals surface area contributed by atoms with E-state index in [1.54, 1.807) is 32.4 Å². The molecule has 112 valence electrons. The molecule has 1 rings (SSSR count). The number of amides is 1. The van der Waals surface area contributed by atoms with E-state index < -0.39 is 0 Å². The van der Waals surface area contributed by atoms with Gasteiger partial charge in [0.15, 0.2) is 11.5 Å². The van der Waals surface area contributed by atoms with Crippen molar-refractivity contribution < 1.29 is 14.3 Å². The van der Waals surface area contributed by atoms with Crippen LogP contribution in [-0.4, -0.2) is 33.2 Å². The van der Waals surface area contributed by atoms with E-state index >= 15 is 0 Å². The standard InChI is InChI=1S/C15H24N2O3/c1-4-5-9-16-10-8-15(18)17-12-6-7-13(19-2)14(11-12)20-3/h6-7,11,16H,4-5,8-10H2,1-3H3,(H,17,18). The van der Waals surface area contributed by atoms with Gasteiger partial charge in [0.1, 0.15) is 0 Å². The highest BCUT2D eigenvalue weighted by molar-refractivity contribution is 5.91. The van der Waals surface area contributed by atoms with Crippen LogP contribution in [0.15, 0.2) is 18.2 Å². The number of unbranched alkanes of at least 4 members (excludes halogenated alkanes) is 1. The fourth-order valence-corrected chi connectivity index (χ4v) is 1.77. The SMILES string of the molecule is CCCCNCCC(=O)Nc1ccc(OC)c(OC)c1. The van der Waals surface area contributed by atoms with Crippen molar-refractivity contribution >= 4 is 11.6 Å². The molecule has 5 nitrogen and oxygen atoms in total. The first kappa shape index (κ1) is 16.3. The number of hydrogen-bond donors (Lipinski definition) is 2. The lowest BCUT2D eigenvalue weighted by molar-refractivity contribution is -0.116. The van der Waals surface area contributed by atoms with Crippen LogP contribution in [0.3, 0.4) is 0 Å². The molecule has 0 unspecified atom stereocenters. The Bertz CT molecular complexity index is 422. The first-order valence-corrected chi connectivity index (χ1v) is 6.93. The quantitative estimate of drug-likeness (QED) is 0.682. The van der Waals surface area contributed by atoms with Gasteiger partial charge in [-0.3, -0.25) is 4.79 Å². The van der Waals surface area contributed by atoms with Crippen molar-refractivity contribution in [1.29, 1.82) is 0 Å². The van der Waals surface area contributed by atoms with Crippen molar-refractivity contribution in [1.82, 2.24) is 5.32 Å². The van der Waals surface area contributed by atoms with Gasteiger partial charge in [-0.1, -0.05) is 13.3 Å². The summed E-state index contributed by atoms with van der Waals surface area (Å²) >= 11 is 0. The highest BCUT2D eigenvalue weighted by Gasteiger charge is 2.07. The smallest absolute Gasteiger partial charge is 0.225 e. The number of ether oxygens (including phenoxy) is 2. The van der Waals surface area contributed by atoms with Gasteiger partial charge in [-0.2, -0.15) is 0 Å². The zero-order valence-electron chi connectivity index (χ0n) is 12.5. The summed E-state index contributed by atoms with van der Waals surface area (Å²) in [6, 6.07) is 5.32. The summed E-state index contributed by atoms with van der Waals surface area (Å²) < 4.78 is 10.3. The molecule has 0 aromatic heterocycles. The molecule has 0 saturated carbocycles. The Morgan fingerprint density at radius 2 is 1.90 bits per heavy atom. The molecule has 2 N–H and O–H groups in total. The van der Waals surface area contributed by atoms with Gasteiger partial charge < -0.3 is 20.1 Å². The zero-order chi connectivity index (χ0) is 14.8. The molecule has 0 aliphatic rings. The minimum atomic E-state index is -0.0128. The van der Waals surface area contributed by atoms with E-state index in [1.807, 2.05) is 0 Å². The number of anilines is 1. The first-order valence-electron chi connectivity index (χ1n) is 6.93. The van der Waals surface area contributed by atoms with E-state index in [0.717, 1.165) is 19.4 Å². The maximum Gasteiger partial charge on any atom is 0.225 e. The number of carbonyl (C=O) groups excluding carboxylic acids is 1. The van der Waals surface area contributed by atoms with E-state index in [-0.39, 0.29) is 5.91 Å². The van der Waals surface area contributed by atoms with Gasteiger partial charge in [-0.15, -0.1) is 0 Å². The largest absolute Gasteiger partial charge is 0.493 e. The monoisotopic (exact) mass is 280 g/mol. The molecule has 5 heteroatoms. The summed E-state index contributed by atoms with van der Waals surface area (Å²) in [7, 11) is 3.15. The third-order valence-corrected chi connectivity index (χ3v) is 2.90. The second-order valence-electron chi connectivity index (χ2n) is 4.47. The van der Waals surface area contributed by atoms with Crippen LogP contribution < -0.4 is 20.1 Å². The fraction of sp³-hybridized carbons (Fsp3) is 0.533. The molecule has 0 saturated heterocycles. The average Bonchev–Trinajstić information content (AvgIpc) is 2.46. The highest BCUT2D eigenvalue weighted by Crippen LogP contribution is 2.29. The van der Waals surface area contributed by atoms with Crippen molar-refractivity contribution in [3.63, 3.8) is 0 Å². The molecule has 0 spiro atoms. The molecular weight excluding hydrogens is 256 g/mol.